The Bertz CT molecular complexity index is 470. The number of rotatable bonds is 6. The Morgan fingerprint density at radius 2 is 2.38 bits per heavy atom. The van der Waals surface area contributed by atoms with Gasteiger partial charge in [-0.05, 0) is 24.1 Å². The van der Waals surface area contributed by atoms with E-state index in [0.717, 1.165) is 30.1 Å². The Labute approximate surface area is 130 Å². The molecule has 1 aromatic rings. The van der Waals surface area contributed by atoms with Crippen LogP contribution in [0, 0.1) is 0 Å². The molecule has 1 unspecified atom stereocenters. The molecule has 5 nitrogen and oxygen atoms in total. The van der Waals surface area contributed by atoms with Gasteiger partial charge in [-0.3, -0.25) is 9.69 Å². The molecule has 6 heteroatoms. The van der Waals surface area contributed by atoms with Crippen molar-refractivity contribution in [2.24, 2.45) is 5.73 Å². The van der Waals surface area contributed by atoms with Crippen molar-refractivity contribution >= 4 is 17.5 Å². The minimum Gasteiger partial charge on any atom is -0.374 e. The number of ether oxygens (including phenoxy) is 1. The van der Waals surface area contributed by atoms with Crippen molar-refractivity contribution in [3.63, 3.8) is 0 Å². The zero-order chi connectivity index (χ0) is 15.1. The Hall–Kier alpha value is -1.14. The molecule has 1 saturated heterocycles. The first kappa shape index (κ1) is 16.2. The molecule has 1 amide bonds. The second-order valence-electron chi connectivity index (χ2n) is 5.19. The fourth-order valence-corrected chi connectivity index (χ4v) is 2.58. The highest BCUT2D eigenvalue weighted by Gasteiger charge is 2.20. The van der Waals surface area contributed by atoms with E-state index in [1.807, 2.05) is 24.3 Å². The largest absolute Gasteiger partial charge is 0.374 e. The summed E-state index contributed by atoms with van der Waals surface area (Å²) in [6.45, 7) is 3.64. The normalized spacial score (nSPS) is 19.4. The molecule has 1 atom stereocenters. The van der Waals surface area contributed by atoms with E-state index in [0.29, 0.717) is 26.2 Å². The molecule has 2 rings (SSSR count). The zero-order valence-corrected chi connectivity index (χ0v) is 12.8. The molecule has 3 N–H and O–H groups in total. The first-order valence-corrected chi connectivity index (χ1v) is 7.60. The summed E-state index contributed by atoms with van der Waals surface area (Å²) < 4.78 is 5.48. The third kappa shape index (κ3) is 5.63. The van der Waals surface area contributed by atoms with E-state index in [1.54, 1.807) is 0 Å². The SMILES string of the molecule is NCC1CN(CC(=O)NCCc2cccc(Cl)c2)CCO1. The monoisotopic (exact) mass is 311 g/mol. The van der Waals surface area contributed by atoms with E-state index >= 15 is 0 Å². The third-order valence-corrected chi connectivity index (χ3v) is 3.71. The number of nitrogens with two attached hydrogens (primary N) is 1. The number of benzene rings is 1. The maximum atomic E-state index is 11.9. The summed E-state index contributed by atoms with van der Waals surface area (Å²) in [6.07, 6.45) is 0.818. The van der Waals surface area contributed by atoms with Crippen LogP contribution in [0.2, 0.25) is 5.02 Å². The highest BCUT2D eigenvalue weighted by molar-refractivity contribution is 6.30. The molecule has 1 fully saturated rings. The van der Waals surface area contributed by atoms with E-state index in [2.05, 4.69) is 10.2 Å². The van der Waals surface area contributed by atoms with Crippen molar-refractivity contribution in [2.75, 3.05) is 39.3 Å². The minimum atomic E-state index is 0.0368. The number of halogens is 1. The average Bonchev–Trinajstić information content (AvgIpc) is 2.47. The van der Waals surface area contributed by atoms with Crippen LogP contribution in [0.25, 0.3) is 0 Å². The van der Waals surface area contributed by atoms with Gasteiger partial charge in [0.1, 0.15) is 0 Å². The van der Waals surface area contributed by atoms with Gasteiger partial charge in [-0.15, -0.1) is 0 Å². The molecule has 0 spiro atoms. The van der Waals surface area contributed by atoms with Gasteiger partial charge in [0.25, 0.3) is 0 Å². The van der Waals surface area contributed by atoms with E-state index in [1.165, 1.54) is 0 Å². The number of hydrogen-bond acceptors (Lipinski definition) is 4. The molecule has 0 bridgehead atoms. The van der Waals surface area contributed by atoms with E-state index < -0.39 is 0 Å². The number of nitrogens with zero attached hydrogens (tertiary/aromatic N) is 1. The summed E-state index contributed by atoms with van der Waals surface area (Å²) >= 11 is 5.93. The maximum Gasteiger partial charge on any atom is 0.234 e. The number of amides is 1. The van der Waals surface area contributed by atoms with Gasteiger partial charge in [0.2, 0.25) is 5.91 Å². The van der Waals surface area contributed by atoms with Crippen LogP contribution in [0.3, 0.4) is 0 Å². The van der Waals surface area contributed by atoms with Crippen molar-refractivity contribution in [1.29, 1.82) is 0 Å². The van der Waals surface area contributed by atoms with Gasteiger partial charge >= 0.3 is 0 Å². The van der Waals surface area contributed by atoms with Crippen molar-refractivity contribution < 1.29 is 9.53 Å². The molecule has 0 radical (unpaired) electrons. The number of hydrogen-bond donors (Lipinski definition) is 2. The first-order chi connectivity index (χ1) is 10.2. The molecule has 1 aliphatic rings. The topological polar surface area (TPSA) is 67.6 Å². The fraction of sp³-hybridized carbons (Fsp3) is 0.533. The van der Waals surface area contributed by atoms with Crippen LogP contribution < -0.4 is 11.1 Å². The molecular formula is C15H22ClN3O2. The van der Waals surface area contributed by atoms with E-state index in [9.17, 15) is 4.79 Å². The summed E-state index contributed by atoms with van der Waals surface area (Å²) in [6, 6.07) is 7.68. The molecular weight excluding hydrogens is 290 g/mol. The summed E-state index contributed by atoms with van der Waals surface area (Å²) in [7, 11) is 0. The van der Waals surface area contributed by atoms with Crippen molar-refractivity contribution in [1.82, 2.24) is 10.2 Å². The molecule has 1 aliphatic heterocycles. The van der Waals surface area contributed by atoms with Gasteiger partial charge in [-0.2, -0.15) is 0 Å². The fourth-order valence-electron chi connectivity index (χ4n) is 2.36. The van der Waals surface area contributed by atoms with Crippen LogP contribution in [0.1, 0.15) is 5.56 Å². The molecule has 21 heavy (non-hydrogen) atoms. The van der Waals surface area contributed by atoms with E-state index in [4.69, 9.17) is 22.1 Å². The lowest BCUT2D eigenvalue weighted by molar-refractivity contribution is -0.124. The van der Waals surface area contributed by atoms with Gasteiger partial charge in [0.15, 0.2) is 0 Å². The number of morpholine rings is 1. The van der Waals surface area contributed by atoms with Gasteiger partial charge in [-0.1, -0.05) is 23.7 Å². The van der Waals surface area contributed by atoms with Crippen molar-refractivity contribution in [3.8, 4) is 0 Å². The maximum absolute atomic E-state index is 11.9. The van der Waals surface area contributed by atoms with Gasteiger partial charge in [-0.25, -0.2) is 0 Å². The second-order valence-corrected chi connectivity index (χ2v) is 5.63. The smallest absolute Gasteiger partial charge is 0.234 e. The number of nitrogens with one attached hydrogen (secondary N) is 1. The highest BCUT2D eigenvalue weighted by atomic mass is 35.5. The van der Waals surface area contributed by atoms with Crippen LogP contribution in [-0.4, -0.2) is 56.2 Å². The van der Waals surface area contributed by atoms with E-state index in [-0.39, 0.29) is 12.0 Å². The third-order valence-electron chi connectivity index (χ3n) is 3.48. The highest BCUT2D eigenvalue weighted by Crippen LogP contribution is 2.10. The molecule has 1 heterocycles. The van der Waals surface area contributed by atoms with Crippen LogP contribution in [0.15, 0.2) is 24.3 Å². The second kappa shape index (κ2) is 8.34. The van der Waals surface area contributed by atoms with Crippen molar-refractivity contribution in [2.45, 2.75) is 12.5 Å². The molecule has 0 saturated carbocycles. The zero-order valence-electron chi connectivity index (χ0n) is 12.1. The molecule has 116 valence electrons. The Kier molecular flexibility index (Phi) is 6.45. The van der Waals surface area contributed by atoms with Crippen LogP contribution >= 0.6 is 11.6 Å². The van der Waals surface area contributed by atoms with Crippen LogP contribution in [0.5, 0.6) is 0 Å². The predicted molar refractivity (Wildman–Crippen MR) is 83.4 cm³/mol. The lowest BCUT2D eigenvalue weighted by atomic mass is 10.1. The first-order valence-electron chi connectivity index (χ1n) is 7.22. The number of carbonyl (C=O) groups excluding carboxylic acids is 1. The Balaban J connectivity index is 1.67. The van der Waals surface area contributed by atoms with Gasteiger partial charge in [0, 0.05) is 31.2 Å². The Morgan fingerprint density at radius 3 is 3.14 bits per heavy atom. The standard InChI is InChI=1S/C15H22ClN3O2/c16-13-3-1-2-12(8-13)4-5-18-15(20)11-19-6-7-21-14(9-17)10-19/h1-3,8,14H,4-7,9-11,17H2,(H,18,20). The summed E-state index contributed by atoms with van der Waals surface area (Å²) in [5.41, 5.74) is 6.71. The summed E-state index contributed by atoms with van der Waals surface area (Å²) in [4.78, 5) is 14.0. The van der Waals surface area contributed by atoms with Crippen molar-refractivity contribution in [3.05, 3.63) is 34.9 Å². The van der Waals surface area contributed by atoms with Gasteiger partial charge < -0.3 is 15.8 Å². The predicted octanol–water partition coefficient (Wildman–Crippen LogP) is 0.658. The number of carbonyl (C=O) groups is 1. The summed E-state index contributed by atoms with van der Waals surface area (Å²) in [5, 5.41) is 3.66. The lowest BCUT2D eigenvalue weighted by Crippen LogP contribution is -2.49. The average molecular weight is 312 g/mol. The Morgan fingerprint density at radius 1 is 1.52 bits per heavy atom. The lowest BCUT2D eigenvalue weighted by Gasteiger charge is -2.31. The van der Waals surface area contributed by atoms with Crippen LogP contribution in [-0.2, 0) is 16.0 Å². The minimum absolute atomic E-state index is 0.0368. The van der Waals surface area contributed by atoms with Crippen LogP contribution in [0.4, 0.5) is 0 Å². The molecule has 1 aromatic carbocycles. The van der Waals surface area contributed by atoms with Gasteiger partial charge in [0.05, 0.1) is 19.3 Å². The summed E-state index contributed by atoms with van der Waals surface area (Å²) in [5.74, 6) is 0.0368. The molecule has 0 aromatic heterocycles. The quantitative estimate of drug-likeness (QED) is 0.810. The molecule has 0 aliphatic carbocycles.